The van der Waals surface area contributed by atoms with Crippen LogP contribution in [0.5, 0.6) is 11.5 Å². The average Bonchev–Trinajstić information content (AvgIpc) is 3.04. The maximum atomic E-state index is 11.7. The summed E-state index contributed by atoms with van der Waals surface area (Å²) in [5.74, 6) is 0.732. The van der Waals surface area contributed by atoms with Crippen molar-refractivity contribution in [3.8, 4) is 11.5 Å². The number of hydrogen-bond donors (Lipinski definition) is 2. The molecule has 1 radical (unpaired) electrons. The Morgan fingerprint density at radius 1 is 0.630 bits per heavy atom. The van der Waals surface area contributed by atoms with Crippen molar-refractivity contribution < 1.29 is 42.6 Å². The molecule has 0 saturated heterocycles. The third-order valence-electron chi connectivity index (χ3n) is 6.38. The smallest absolute Gasteiger partial charge is 0.872 e. The molecule has 2 atom stereocenters. The van der Waals surface area contributed by atoms with Crippen LogP contribution in [0.4, 0.5) is 11.4 Å². The Kier molecular flexibility index (Phi) is 20.9. The van der Waals surface area contributed by atoms with E-state index >= 15 is 0 Å². The third kappa shape index (κ3) is 14.6. The van der Waals surface area contributed by atoms with Crippen molar-refractivity contribution in [2.75, 3.05) is 11.8 Å². The monoisotopic (exact) mass is 722 g/mol. The minimum Gasteiger partial charge on any atom is -0.872 e. The summed E-state index contributed by atoms with van der Waals surface area (Å²) >= 11 is 10.1. The summed E-state index contributed by atoms with van der Waals surface area (Å²) in [6.45, 7) is 4.57. The fourth-order valence-corrected chi connectivity index (χ4v) is 3.88. The summed E-state index contributed by atoms with van der Waals surface area (Å²) in [5, 5.41) is 51.2. The van der Waals surface area contributed by atoms with Crippen molar-refractivity contribution >= 4 is 34.6 Å². The van der Waals surface area contributed by atoms with Crippen LogP contribution >= 0.6 is 23.2 Å². The van der Waals surface area contributed by atoms with Gasteiger partial charge in [-0.25, -0.2) is 0 Å². The van der Waals surface area contributed by atoms with E-state index in [1.165, 1.54) is 36.4 Å². The van der Waals surface area contributed by atoms with Crippen molar-refractivity contribution in [1.82, 2.24) is 10.6 Å². The van der Waals surface area contributed by atoms with Crippen molar-refractivity contribution in [2.45, 2.75) is 39.0 Å². The normalized spacial score (nSPS) is 11.1. The first-order valence-electron chi connectivity index (χ1n) is 13.6. The van der Waals surface area contributed by atoms with Crippen LogP contribution < -0.4 is 20.8 Å². The van der Waals surface area contributed by atoms with Gasteiger partial charge >= 0.3 is 17.1 Å². The van der Waals surface area contributed by atoms with E-state index in [0.29, 0.717) is 36.0 Å². The van der Waals surface area contributed by atoms with Crippen molar-refractivity contribution in [2.24, 2.45) is 0 Å². The zero-order chi connectivity index (χ0) is 32.5. The number of rotatable bonds is 11. The molecule has 251 valence electrons. The molecule has 4 aromatic rings. The van der Waals surface area contributed by atoms with Crippen LogP contribution in [0.3, 0.4) is 0 Å². The Balaban J connectivity index is 0.000000759. The molecule has 0 spiro atoms. The second-order valence-corrected chi connectivity index (χ2v) is 10.3. The summed E-state index contributed by atoms with van der Waals surface area (Å²) < 4.78 is 0. The fraction of sp³-hybridized carbons (Fsp3) is 0.250. The molecule has 4 aromatic carbocycles. The molecule has 5 N–H and O–H groups in total. The summed E-state index contributed by atoms with van der Waals surface area (Å²) in [5.41, 5.74) is 2.89. The number of nitrogens with one attached hydrogen (secondary N) is 2. The molecule has 46 heavy (non-hydrogen) atoms. The topological polar surface area (TPSA) is 189 Å². The second kappa shape index (κ2) is 22.7. The van der Waals surface area contributed by atoms with Gasteiger partial charge in [0.1, 0.15) is 0 Å². The molecule has 0 heterocycles. The minimum absolute atomic E-state index is 0. The molecule has 4 rings (SSSR count). The van der Waals surface area contributed by atoms with E-state index < -0.39 is 9.85 Å². The Labute approximate surface area is 288 Å². The quantitative estimate of drug-likeness (QED) is 0.0659. The molecule has 0 aromatic heterocycles. The number of halogens is 2. The molecule has 0 saturated carbocycles. The molecular weight excluding hydrogens is 687 g/mol. The van der Waals surface area contributed by atoms with E-state index in [1.54, 1.807) is 0 Å². The molecule has 0 bridgehead atoms. The molecule has 0 fully saturated rings. The SMILES string of the molecule is C[C@H](NCc1cc([N+](=O)[O-])ccc1[O-])c1ccccc1.C[C@H](NCc1cc([N+](=O)[O-])ccc1[O-])c1ccccc1.ClCCCl.[Cu+2].[OH3+]. The number of nitro benzene ring substituents is 2. The first-order valence-corrected chi connectivity index (χ1v) is 14.7. The van der Waals surface area contributed by atoms with Gasteiger partial charge in [0.15, 0.2) is 0 Å². The van der Waals surface area contributed by atoms with Gasteiger partial charge in [0, 0.05) is 61.2 Å². The molecule has 0 aliphatic rings. The molecule has 0 aliphatic carbocycles. The van der Waals surface area contributed by atoms with Crippen LogP contribution in [0.25, 0.3) is 0 Å². The molecule has 0 amide bonds. The van der Waals surface area contributed by atoms with Crippen LogP contribution in [0.1, 0.15) is 48.2 Å². The van der Waals surface area contributed by atoms with Crippen LogP contribution in [0.15, 0.2) is 97.1 Å². The molecule has 14 heteroatoms. The Morgan fingerprint density at radius 3 is 1.24 bits per heavy atom. The van der Waals surface area contributed by atoms with E-state index in [9.17, 15) is 30.4 Å². The van der Waals surface area contributed by atoms with Crippen LogP contribution in [0, 0.1) is 20.2 Å². The van der Waals surface area contributed by atoms with Gasteiger partial charge in [0.2, 0.25) is 0 Å². The second-order valence-electron chi connectivity index (χ2n) is 9.50. The molecule has 11 nitrogen and oxygen atoms in total. The van der Waals surface area contributed by atoms with Crippen LogP contribution in [0.2, 0.25) is 0 Å². The van der Waals surface area contributed by atoms with Crippen LogP contribution in [-0.4, -0.2) is 21.6 Å². The summed E-state index contributed by atoms with van der Waals surface area (Å²) in [4.78, 5) is 20.4. The Morgan fingerprint density at radius 2 is 0.957 bits per heavy atom. The van der Waals surface area contributed by atoms with Crippen molar-refractivity contribution in [3.05, 3.63) is 140 Å². The molecule has 0 aliphatic heterocycles. The zero-order valence-corrected chi connectivity index (χ0v) is 27.7. The van der Waals surface area contributed by atoms with E-state index in [-0.39, 0.29) is 57.5 Å². The van der Waals surface area contributed by atoms with Gasteiger partial charge in [-0.2, -0.15) is 0 Å². The maximum Gasteiger partial charge on any atom is 2.00 e. The predicted octanol–water partition coefficient (Wildman–Crippen LogP) is 5.58. The largest absolute Gasteiger partial charge is 2.00 e. The maximum absolute atomic E-state index is 11.7. The summed E-state index contributed by atoms with van der Waals surface area (Å²) in [6, 6.07) is 27.3. The van der Waals surface area contributed by atoms with E-state index in [1.807, 2.05) is 74.5 Å². The van der Waals surface area contributed by atoms with Crippen LogP contribution in [-0.2, 0) is 35.6 Å². The van der Waals surface area contributed by atoms with Gasteiger partial charge < -0.3 is 26.3 Å². The number of hydrogen-bond acceptors (Lipinski definition) is 8. The summed E-state index contributed by atoms with van der Waals surface area (Å²) in [6.07, 6.45) is 0. The number of nitrogens with zero attached hydrogens (tertiary/aromatic N) is 2. The minimum atomic E-state index is -0.496. The van der Waals surface area contributed by atoms with Gasteiger partial charge in [-0.1, -0.05) is 72.8 Å². The summed E-state index contributed by atoms with van der Waals surface area (Å²) in [7, 11) is 0. The number of alkyl halides is 2. The first-order chi connectivity index (χ1) is 21.1. The van der Waals surface area contributed by atoms with Gasteiger partial charge in [-0.05, 0) is 36.1 Å². The fourth-order valence-electron chi connectivity index (χ4n) is 3.88. The zero-order valence-electron chi connectivity index (χ0n) is 25.2. The van der Waals surface area contributed by atoms with Gasteiger partial charge in [0.25, 0.3) is 11.4 Å². The Hall–Kier alpha value is -3.74. The van der Waals surface area contributed by atoms with E-state index in [0.717, 1.165) is 11.1 Å². The van der Waals surface area contributed by atoms with E-state index in [4.69, 9.17) is 23.2 Å². The first kappa shape index (κ1) is 42.3. The van der Waals surface area contributed by atoms with Gasteiger partial charge in [0.05, 0.1) is 9.85 Å². The predicted molar refractivity (Wildman–Crippen MR) is 175 cm³/mol. The Bertz CT molecular complexity index is 1360. The van der Waals surface area contributed by atoms with Gasteiger partial charge in [-0.15, -0.1) is 34.7 Å². The molecular formula is C32H37Cl2CuN4O7+. The van der Waals surface area contributed by atoms with Crippen molar-refractivity contribution in [1.29, 1.82) is 0 Å². The van der Waals surface area contributed by atoms with Crippen molar-refractivity contribution in [3.63, 3.8) is 0 Å². The molecule has 0 unspecified atom stereocenters. The third-order valence-corrected chi connectivity index (χ3v) is 6.95. The van der Waals surface area contributed by atoms with Gasteiger partial charge in [-0.3, -0.25) is 20.2 Å². The standard InChI is InChI=1S/2C15H16N2O3.C2H4Cl2.Cu.H2O/c2*1-11(12-5-3-2-4-6-12)16-10-13-9-14(17(19)20)7-8-15(13)18;3-1-2-4;;/h2*2-9,11,16,18H,10H2,1H3;1-2H2;;1H2/q;;;+2;/p-1/t2*11-;;;/m00.../s1. The number of non-ortho nitro benzene ring substituents is 2. The number of benzene rings is 4. The average molecular weight is 724 g/mol. The number of nitro groups is 2. The van der Waals surface area contributed by atoms with E-state index in [2.05, 4.69) is 10.6 Å².